The smallest absolute Gasteiger partial charge is 0.218 e. The monoisotopic (exact) mass is 263 g/mol. The van der Waals surface area contributed by atoms with E-state index in [4.69, 9.17) is 4.74 Å². The summed E-state index contributed by atoms with van der Waals surface area (Å²) >= 11 is 0. The van der Waals surface area contributed by atoms with Crippen molar-refractivity contribution in [2.45, 2.75) is 45.4 Å². The molecule has 106 valence electrons. The maximum Gasteiger partial charge on any atom is 0.218 e. The van der Waals surface area contributed by atoms with Gasteiger partial charge in [-0.15, -0.1) is 0 Å². The number of likely N-dealkylation sites (tertiary alicyclic amines) is 1. The Morgan fingerprint density at radius 2 is 2.37 bits per heavy atom. The van der Waals surface area contributed by atoms with Crippen molar-refractivity contribution in [3.63, 3.8) is 0 Å². The summed E-state index contributed by atoms with van der Waals surface area (Å²) in [6, 6.07) is 4.63. The molecule has 1 unspecified atom stereocenters. The molecule has 0 bridgehead atoms. The average Bonchev–Trinajstić information content (AvgIpc) is 2.37. The van der Waals surface area contributed by atoms with Crippen molar-refractivity contribution in [1.29, 1.82) is 0 Å². The van der Waals surface area contributed by atoms with Crippen molar-refractivity contribution < 1.29 is 4.74 Å². The molecule has 2 heterocycles. The van der Waals surface area contributed by atoms with Crippen LogP contribution in [0.25, 0.3) is 0 Å². The number of pyridine rings is 1. The molecule has 1 aromatic rings. The molecule has 2 rings (SSSR count). The Labute approximate surface area is 116 Å². The maximum atomic E-state index is 5.74. The number of nitrogens with one attached hydrogen (secondary N) is 1. The first kappa shape index (κ1) is 14.3. The number of piperidine rings is 1. The van der Waals surface area contributed by atoms with Crippen LogP contribution >= 0.6 is 0 Å². The van der Waals surface area contributed by atoms with Crippen LogP contribution in [-0.4, -0.2) is 42.2 Å². The van der Waals surface area contributed by atoms with E-state index in [0.29, 0.717) is 6.04 Å². The van der Waals surface area contributed by atoms with Crippen LogP contribution in [0.15, 0.2) is 18.3 Å². The Morgan fingerprint density at radius 1 is 1.53 bits per heavy atom. The van der Waals surface area contributed by atoms with Gasteiger partial charge < -0.3 is 15.0 Å². The van der Waals surface area contributed by atoms with Gasteiger partial charge in [0.1, 0.15) is 0 Å². The highest BCUT2D eigenvalue weighted by molar-refractivity contribution is 5.25. The largest absolute Gasteiger partial charge is 0.475 e. The van der Waals surface area contributed by atoms with Crippen LogP contribution in [0.3, 0.4) is 0 Å². The van der Waals surface area contributed by atoms with Crippen molar-refractivity contribution in [2.75, 3.05) is 20.1 Å². The van der Waals surface area contributed by atoms with Crippen LogP contribution in [0.2, 0.25) is 0 Å². The number of likely N-dealkylation sites (N-methyl/N-ethyl adjacent to an activating group) is 1. The van der Waals surface area contributed by atoms with Gasteiger partial charge >= 0.3 is 0 Å². The van der Waals surface area contributed by atoms with Gasteiger partial charge in [0.2, 0.25) is 5.88 Å². The van der Waals surface area contributed by atoms with E-state index in [1.807, 2.05) is 19.9 Å². The van der Waals surface area contributed by atoms with Crippen LogP contribution in [-0.2, 0) is 6.54 Å². The molecule has 1 aromatic heterocycles. The van der Waals surface area contributed by atoms with E-state index in [0.717, 1.165) is 24.5 Å². The molecular weight excluding hydrogens is 238 g/mol. The molecule has 0 aromatic carbocycles. The van der Waals surface area contributed by atoms with E-state index in [9.17, 15) is 0 Å². The molecule has 0 amide bonds. The third kappa shape index (κ3) is 4.48. The summed E-state index contributed by atoms with van der Waals surface area (Å²) in [4.78, 5) is 6.71. The lowest BCUT2D eigenvalue weighted by atomic mass is 10.1. The van der Waals surface area contributed by atoms with Gasteiger partial charge in [-0.1, -0.05) is 6.07 Å². The highest BCUT2D eigenvalue weighted by atomic mass is 16.5. The van der Waals surface area contributed by atoms with Gasteiger partial charge in [-0.05, 0) is 46.3 Å². The maximum absolute atomic E-state index is 5.74. The fourth-order valence-corrected chi connectivity index (χ4v) is 2.48. The normalized spacial score (nSPS) is 20.7. The molecule has 1 saturated heterocycles. The number of nitrogens with zero attached hydrogens (tertiary/aromatic N) is 2. The molecule has 4 nitrogen and oxygen atoms in total. The molecule has 0 radical (unpaired) electrons. The zero-order chi connectivity index (χ0) is 13.7. The summed E-state index contributed by atoms with van der Waals surface area (Å²) in [7, 11) is 2.19. The fraction of sp³-hybridized carbons (Fsp3) is 0.667. The molecule has 0 saturated carbocycles. The van der Waals surface area contributed by atoms with Crippen LogP contribution in [0.4, 0.5) is 0 Å². The lowest BCUT2D eigenvalue weighted by Crippen LogP contribution is -2.43. The van der Waals surface area contributed by atoms with Gasteiger partial charge in [-0.3, -0.25) is 0 Å². The summed E-state index contributed by atoms with van der Waals surface area (Å²) in [5.74, 6) is 0.758. The predicted molar refractivity (Wildman–Crippen MR) is 77.4 cm³/mol. The first-order chi connectivity index (χ1) is 9.15. The second-order valence-electron chi connectivity index (χ2n) is 5.62. The lowest BCUT2D eigenvalue weighted by molar-refractivity contribution is 0.219. The van der Waals surface area contributed by atoms with Gasteiger partial charge in [0.05, 0.1) is 6.10 Å². The number of hydrogen-bond acceptors (Lipinski definition) is 4. The van der Waals surface area contributed by atoms with Crippen molar-refractivity contribution in [3.05, 3.63) is 23.9 Å². The fourth-order valence-electron chi connectivity index (χ4n) is 2.48. The molecule has 19 heavy (non-hydrogen) atoms. The van der Waals surface area contributed by atoms with Gasteiger partial charge in [-0.25, -0.2) is 4.98 Å². The molecule has 0 spiro atoms. The second kappa shape index (κ2) is 6.87. The summed E-state index contributed by atoms with van der Waals surface area (Å²) < 4.78 is 5.74. The number of rotatable bonds is 5. The first-order valence-electron chi connectivity index (χ1n) is 7.17. The minimum atomic E-state index is 0.162. The zero-order valence-corrected chi connectivity index (χ0v) is 12.2. The third-order valence-corrected chi connectivity index (χ3v) is 3.40. The quantitative estimate of drug-likeness (QED) is 0.882. The lowest BCUT2D eigenvalue weighted by Gasteiger charge is -2.30. The minimum absolute atomic E-state index is 0.162. The Morgan fingerprint density at radius 3 is 3.11 bits per heavy atom. The highest BCUT2D eigenvalue weighted by Gasteiger charge is 2.17. The van der Waals surface area contributed by atoms with Crippen LogP contribution in [0.1, 0.15) is 32.3 Å². The second-order valence-corrected chi connectivity index (χ2v) is 5.62. The number of ether oxygens (including phenoxy) is 1. The Bertz CT molecular complexity index is 395. The minimum Gasteiger partial charge on any atom is -0.475 e. The van der Waals surface area contributed by atoms with Gasteiger partial charge in [0.15, 0.2) is 0 Å². The molecular formula is C15H25N3O. The Hall–Kier alpha value is -1.13. The topological polar surface area (TPSA) is 37.4 Å². The number of aromatic nitrogens is 1. The average molecular weight is 263 g/mol. The van der Waals surface area contributed by atoms with Crippen LogP contribution in [0.5, 0.6) is 5.88 Å². The highest BCUT2D eigenvalue weighted by Crippen LogP contribution is 2.16. The van der Waals surface area contributed by atoms with Gasteiger partial charge in [-0.2, -0.15) is 0 Å². The molecule has 0 aliphatic carbocycles. The van der Waals surface area contributed by atoms with Crippen molar-refractivity contribution in [1.82, 2.24) is 15.2 Å². The summed E-state index contributed by atoms with van der Waals surface area (Å²) in [6.45, 7) is 7.23. The molecule has 1 fully saturated rings. The summed E-state index contributed by atoms with van der Waals surface area (Å²) in [5, 5.41) is 3.62. The van der Waals surface area contributed by atoms with E-state index >= 15 is 0 Å². The molecule has 1 N–H and O–H groups in total. The number of hydrogen-bond donors (Lipinski definition) is 1. The molecule has 1 atom stereocenters. The first-order valence-corrected chi connectivity index (χ1v) is 7.17. The van der Waals surface area contributed by atoms with Gasteiger partial charge in [0.25, 0.3) is 0 Å². The summed E-state index contributed by atoms with van der Waals surface area (Å²) in [5.41, 5.74) is 1.14. The van der Waals surface area contributed by atoms with E-state index in [-0.39, 0.29) is 6.10 Å². The SMILES string of the molecule is CC(C)Oc1ncccc1CNC1CCCN(C)C1. The van der Waals surface area contributed by atoms with Crippen molar-refractivity contribution in [3.8, 4) is 5.88 Å². The Kier molecular flexibility index (Phi) is 5.16. The van der Waals surface area contributed by atoms with Crippen molar-refractivity contribution in [2.24, 2.45) is 0 Å². The third-order valence-electron chi connectivity index (χ3n) is 3.40. The van der Waals surface area contributed by atoms with E-state index < -0.39 is 0 Å². The van der Waals surface area contributed by atoms with E-state index in [1.165, 1.54) is 19.4 Å². The summed E-state index contributed by atoms with van der Waals surface area (Å²) in [6.07, 6.45) is 4.48. The van der Waals surface area contributed by atoms with Crippen molar-refractivity contribution >= 4 is 0 Å². The predicted octanol–water partition coefficient (Wildman–Crippen LogP) is 2.05. The van der Waals surface area contributed by atoms with E-state index in [2.05, 4.69) is 28.3 Å². The molecule has 1 aliphatic rings. The zero-order valence-electron chi connectivity index (χ0n) is 12.2. The van der Waals surface area contributed by atoms with E-state index in [1.54, 1.807) is 6.20 Å². The van der Waals surface area contributed by atoms with Crippen LogP contribution in [0, 0.1) is 0 Å². The molecule has 1 aliphatic heterocycles. The van der Waals surface area contributed by atoms with Crippen LogP contribution < -0.4 is 10.1 Å². The molecule has 4 heteroatoms. The standard InChI is InChI=1S/C15H25N3O/c1-12(2)19-15-13(6-4-8-16-15)10-17-14-7-5-9-18(3)11-14/h4,6,8,12,14,17H,5,7,9-11H2,1-3H3. The van der Waals surface area contributed by atoms with Gasteiger partial charge in [0, 0.05) is 30.9 Å². The Balaban J connectivity index is 1.91.